The van der Waals surface area contributed by atoms with E-state index < -0.39 is 12.0 Å². The molecule has 0 aliphatic rings. The molecule has 0 spiro atoms. The Morgan fingerprint density at radius 1 is 1.45 bits per heavy atom. The summed E-state index contributed by atoms with van der Waals surface area (Å²) in [6, 6.07) is 3.25. The number of carboxylic acids is 1. The van der Waals surface area contributed by atoms with Gasteiger partial charge in [-0.1, -0.05) is 19.9 Å². The van der Waals surface area contributed by atoms with Gasteiger partial charge in [0.2, 0.25) is 0 Å². The Kier molecular flexibility index (Phi) is 4.68. The highest BCUT2D eigenvalue weighted by Crippen LogP contribution is 2.23. The van der Waals surface area contributed by atoms with Crippen LogP contribution in [0.15, 0.2) is 29.9 Å². The molecule has 2 aromatic heterocycles. The normalized spacial score (nSPS) is 12.3. The second-order valence-electron chi connectivity index (χ2n) is 4.93. The standard InChI is InChI=1S/C14H17N3O2S/c1-9(2)6-10(14(18)19)16-13-8-15-7-11(17-13)12-4-3-5-20-12/h3-5,7-10H,6H2,1-2H3,(H,16,17)(H,18,19)/t10-/m1/s1. The van der Waals surface area contributed by atoms with Crippen molar-refractivity contribution in [3.8, 4) is 10.6 Å². The molecule has 0 bridgehead atoms. The minimum absolute atomic E-state index is 0.289. The number of hydrogen-bond acceptors (Lipinski definition) is 5. The molecule has 1 atom stereocenters. The van der Waals surface area contributed by atoms with Crippen LogP contribution < -0.4 is 5.32 Å². The third kappa shape index (κ3) is 3.77. The lowest BCUT2D eigenvalue weighted by Gasteiger charge is -2.16. The monoisotopic (exact) mass is 291 g/mol. The first-order valence-corrected chi connectivity index (χ1v) is 7.29. The van der Waals surface area contributed by atoms with Crippen molar-refractivity contribution < 1.29 is 9.90 Å². The third-order valence-electron chi connectivity index (χ3n) is 2.74. The lowest BCUT2D eigenvalue weighted by molar-refractivity contribution is -0.138. The van der Waals surface area contributed by atoms with E-state index in [1.54, 1.807) is 23.7 Å². The minimum Gasteiger partial charge on any atom is -0.480 e. The van der Waals surface area contributed by atoms with Gasteiger partial charge in [-0.25, -0.2) is 9.78 Å². The van der Waals surface area contributed by atoms with E-state index in [0.29, 0.717) is 12.2 Å². The largest absolute Gasteiger partial charge is 0.480 e. The number of nitrogens with zero attached hydrogens (tertiary/aromatic N) is 2. The maximum Gasteiger partial charge on any atom is 0.326 e. The molecule has 0 amide bonds. The van der Waals surface area contributed by atoms with Gasteiger partial charge in [0.1, 0.15) is 17.6 Å². The van der Waals surface area contributed by atoms with E-state index >= 15 is 0 Å². The Morgan fingerprint density at radius 2 is 2.25 bits per heavy atom. The van der Waals surface area contributed by atoms with Crippen LogP contribution in [0.5, 0.6) is 0 Å². The Bertz CT molecular complexity index is 570. The molecular weight excluding hydrogens is 274 g/mol. The molecule has 2 rings (SSSR count). The summed E-state index contributed by atoms with van der Waals surface area (Å²) in [6.45, 7) is 3.98. The lowest BCUT2D eigenvalue weighted by Crippen LogP contribution is -2.31. The quantitative estimate of drug-likeness (QED) is 0.855. The van der Waals surface area contributed by atoms with Gasteiger partial charge in [0.25, 0.3) is 0 Å². The van der Waals surface area contributed by atoms with Gasteiger partial charge in [0.05, 0.1) is 17.3 Å². The number of carbonyl (C=O) groups is 1. The summed E-state index contributed by atoms with van der Waals surface area (Å²) in [5.41, 5.74) is 0.749. The summed E-state index contributed by atoms with van der Waals surface area (Å²) in [6.07, 6.45) is 3.77. The molecule has 0 aliphatic heterocycles. The molecule has 2 aromatic rings. The summed E-state index contributed by atoms with van der Waals surface area (Å²) >= 11 is 1.57. The predicted octanol–water partition coefficient (Wildman–Crippen LogP) is 3.12. The van der Waals surface area contributed by atoms with E-state index in [0.717, 1.165) is 10.6 Å². The van der Waals surface area contributed by atoms with Crippen molar-refractivity contribution in [3.05, 3.63) is 29.9 Å². The van der Waals surface area contributed by atoms with Crippen LogP contribution in [0.4, 0.5) is 5.82 Å². The first-order valence-electron chi connectivity index (χ1n) is 6.41. The first-order chi connectivity index (χ1) is 9.56. The number of rotatable bonds is 6. The van der Waals surface area contributed by atoms with Crippen molar-refractivity contribution in [3.63, 3.8) is 0 Å². The lowest BCUT2D eigenvalue weighted by atomic mass is 10.0. The van der Waals surface area contributed by atoms with Crippen LogP contribution in [-0.4, -0.2) is 27.1 Å². The van der Waals surface area contributed by atoms with Crippen LogP contribution in [0, 0.1) is 5.92 Å². The molecule has 106 valence electrons. The molecule has 0 saturated heterocycles. The molecule has 5 nitrogen and oxygen atoms in total. The highest BCUT2D eigenvalue weighted by atomic mass is 32.1. The molecule has 0 fully saturated rings. The molecule has 0 aliphatic carbocycles. The summed E-state index contributed by atoms with van der Waals surface area (Å²) in [5, 5.41) is 14.1. The molecule has 0 unspecified atom stereocenters. The van der Waals surface area contributed by atoms with E-state index in [9.17, 15) is 9.90 Å². The van der Waals surface area contributed by atoms with Gasteiger partial charge in [-0.15, -0.1) is 11.3 Å². The van der Waals surface area contributed by atoms with E-state index in [1.807, 2.05) is 31.4 Å². The fourth-order valence-corrected chi connectivity index (χ4v) is 2.53. The molecule has 2 heterocycles. The van der Waals surface area contributed by atoms with Crippen LogP contribution in [0.1, 0.15) is 20.3 Å². The summed E-state index contributed by atoms with van der Waals surface area (Å²) in [4.78, 5) is 20.8. The summed E-state index contributed by atoms with van der Waals surface area (Å²) < 4.78 is 0. The minimum atomic E-state index is -0.873. The second kappa shape index (κ2) is 6.47. The van der Waals surface area contributed by atoms with Gasteiger partial charge < -0.3 is 10.4 Å². The van der Waals surface area contributed by atoms with Crippen molar-refractivity contribution >= 4 is 23.1 Å². The van der Waals surface area contributed by atoms with Crippen LogP contribution >= 0.6 is 11.3 Å². The molecular formula is C14H17N3O2S. The van der Waals surface area contributed by atoms with Crippen molar-refractivity contribution in [1.29, 1.82) is 0 Å². The van der Waals surface area contributed by atoms with Crippen LogP contribution in [0.25, 0.3) is 10.6 Å². The van der Waals surface area contributed by atoms with E-state index in [1.165, 1.54) is 0 Å². The average molecular weight is 291 g/mol. The van der Waals surface area contributed by atoms with Crippen LogP contribution in [0.2, 0.25) is 0 Å². The van der Waals surface area contributed by atoms with Gasteiger partial charge in [-0.3, -0.25) is 4.98 Å². The first kappa shape index (κ1) is 14.5. The molecule has 6 heteroatoms. The summed E-state index contributed by atoms with van der Waals surface area (Å²) in [5.74, 6) is -0.0944. The van der Waals surface area contributed by atoms with E-state index in [2.05, 4.69) is 15.3 Å². The van der Waals surface area contributed by atoms with Crippen molar-refractivity contribution in [1.82, 2.24) is 9.97 Å². The van der Waals surface area contributed by atoms with Crippen LogP contribution in [-0.2, 0) is 4.79 Å². The number of anilines is 1. The SMILES string of the molecule is CC(C)C[C@@H](Nc1cncc(-c2cccs2)n1)C(=O)O. The Hall–Kier alpha value is -1.95. The molecule has 0 aromatic carbocycles. The zero-order valence-electron chi connectivity index (χ0n) is 11.4. The number of aromatic nitrogens is 2. The molecule has 0 saturated carbocycles. The van der Waals surface area contributed by atoms with Gasteiger partial charge >= 0.3 is 5.97 Å². The van der Waals surface area contributed by atoms with Gasteiger partial charge in [-0.05, 0) is 23.8 Å². The highest BCUT2D eigenvalue weighted by Gasteiger charge is 2.19. The van der Waals surface area contributed by atoms with Gasteiger partial charge in [-0.2, -0.15) is 0 Å². The molecule has 2 N–H and O–H groups in total. The van der Waals surface area contributed by atoms with Crippen molar-refractivity contribution in [2.45, 2.75) is 26.3 Å². The zero-order chi connectivity index (χ0) is 14.5. The van der Waals surface area contributed by atoms with Gasteiger partial charge in [0, 0.05) is 0 Å². The maximum atomic E-state index is 11.2. The van der Waals surface area contributed by atoms with Crippen molar-refractivity contribution in [2.75, 3.05) is 5.32 Å². The maximum absolute atomic E-state index is 11.2. The fraction of sp³-hybridized carbons (Fsp3) is 0.357. The third-order valence-corrected chi connectivity index (χ3v) is 3.63. The Morgan fingerprint density at radius 3 is 2.85 bits per heavy atom. The number of thiophene rings is 1. The summed E-state index contributed by atoms with van der Waals surface area (Å²) in [7, 11) is 0. The number of hydrogen-bond donors (Lipinski definition) is 2. The average Bonchev–Trinajstić information content (AvgIpc) is 2.91. The predicted molar refractivity (Wildman–Crippen MR) is 79.8 cm³/mol. The zero-order valence-corrected chi connectivity index (χ0v) is 12.2. The number of carboxylic acid groups (broad SMARTS) is 1. The van der Waals surface area contributed by atoms with Gasteiger partial charge in [0.15, 0.2) is 0 Å². The Labute approximate surface area is 121 Å². The molecule has 20 heavy (non-hydrogen) atoms. The van der Waals surface area contributed by atoms with E-state index in [-0.39, 0.29) is 5.92 Å². The highest BCUT2D eigenvalue weighted by molar-refractivity contribution is 7.13. The number of aliphatic carboxylic acids is 1. The molecule has 0 radical (unpaired) electrons. The van der Waals surface area contributed by atoms with E-state index in [4.69, 9.17) is 0 Å². The second-order valence-corrected chi connectivity index (χ2v) is 5.88. The number of nitrogens with one attached hydrogen (secondary N) is 1. The smallest absolute Gasteiger partial charge is 0.326 e. The van der Waals surface area contributed by atoms with Crippen LogP contribution in [0.3, 0.4) is 0 Å². The topological polar surface area (TPSA) is 75.1 Å². The fourth-order valence-electron chi connectivity index (χ4n) is 1.85. The van der Waals surface area contributed by atoms with Crippen molar-refractivity contribution in [2.24, 2.45) is 5.92 Å². The Balaban J connectivity index is 2.16.